The van der Waals surface area contributed by atoms with E-state index in [4.69, 9.17) is 24.5 Å². The largest absolute Gasteiger partial charge is 0.497 e. The van der Waals surface area contributed by atoms with Crippen molar-refractivity contribution in [3.63, 3.8) is 0 Å². The van der Waals surface area contributed by atoms with Crippen molar-refractivity contribution in [2.75, 3.05) is 39.8 Å². The van der Waals surface area contributed by atoms with Gasteiger partial charge in [-0.25, -0.2) is 0 Å². The van der Waals surface area contributed by atoms with Gasteiger partial charge in [-0.05, 0) is 12.1 Å². The maximum Gasteiger partial charge on any atom is 0.260 e. The Balaban J connectivity index is 1.96. The highest BCUT2D eigenvalue weighted by Crippen LogP contribution is 2.28. The summed E-state index contributed by atoms with van der Waals surface area (Å²) < 4.78 is 20.6. The van der Waals surface area contributed by atoms with E-state index in [0.717, 1.165) is 0 Å². The highest BCUT2D eigenvalue weighted by atomic mass is 16.5. The standard InChI is InChI=1S/C14H19N3O4/c1-18-7-8-20-6-5-13-16-14(21-17-13)11-4-3-10(19-2)9-12(11)15/h3-4,9H,5-8,15H2,1-2H3. The van der Waals surface area contributed by atoms with Crippen molar-refractivity contribution in [2.24, 2.45) is 0 Å². The van der Waals surface area contributed by atoms with Gasteiger partial charge in [-0.3, -0.25) is 0 Å². The maximum atomic E-state index is 5.95. The van der Waals surface area contributed by atoms with Crippen LogP contribution >= 0.6 is 0 Å². The summed E-state index contributed by atoms with van der Waals surface area (Å²) in [6, 6.07) is 5.30. The summed E-state index contributed by atoms with van der Waals surface area (Å²) in [7, 11) is 3.22. The molecule has 114 valence electrons. The SMILES string of the molecule is COCCOCCc1noc(-c2ccc(OC)cc2N)n1. The molecule has 0 bridgehead atoms. The number of anilines is 1. The van der Waals surface area contributed by atoms with E-state index in [2.05, 4.69) is 10.1 Å². The fourth-order valence-electron chi connectivity index (χ4n) is 1.74. The quantitative estimate of drug-likeness (QED) is 0.582. The Hall–Kier alpha value is -2.12. The molecule has 1 aromatic heterocycles. The first-order valence-electron chi connectivity index (χ1n) is 6.57. The highest BCUT2D eigenvalue weighted by molar-refractivity contribution is 5.71. The zero-order valence-electron chi connectivity index (χ0n) is 12.2. The van der Waals surface area contributed by atoms with Crippen LogP contribution in [0.4, 0.5) is 5.69 Å². The number of ether oxygens (including phenoxy) is 3. The Morgan fingerprint density at radius 1 is 1.19 bits per heavy atom. The Morgan fingerprint density at radius 2 is 2.05 bits per heavy atom. The Morgan fingerprint density at radius 3 is 2.76 bits per heavy atom. The first kappa shape index (κ1) is 15.3. The van der Waals surface area contributed by atoms with Crippen molar-refractivity contribution in [1.82, 2.24) is 10.1 Å². The predicted molar refractivity (Wildman–Crippen MR) is 77.1 cm³/mol. The predicted octanol–water partition coefficient (Wildman–Crippen LogP) is 1.53. The van der Waals surface area contributed by atoms with Gasteiger partial charge >= 0.3 is 0 Å². The molecule has 2 rings (SSSR count). The average Bonchev–Trinajstić information content (AvgIpc) is 2.95. The molecule has 0 aliphatic heterocycles. The summed E-state index contributed by atoms with van der Waals surface area (Å²) in [5.41, 5.74) is 7.17. The molecule has 2 N–H and O–H groups in total. The third-order valence-electron chi connectivity index (χ3n) is 2.86. The smallest absolute Gasteiger partial charge is 0.260 e. The normalized spacial score (nSPS) is 10.8. The summed E-state index contributed by atoms with van der Waals surface area (Å²) in [6.07, 6.45) is 0.573. The molecule has 1 heterocycles. The third kappa shape index (κ3) is 4.17. The van der Waals surface area contributed by atoms with Crippen LogP contribution in [0.2, 0.25) is 0 Å². The molecule has 2 aromatic rings. The molecule has 1 aromatic carbocycles. The Bertz CT molecular complexity index is 571. The van der Waals surface area contributed by atoms with E-state index >= 15 is 0 Å². The van der Waals surface area contributed by atoms with Crippen molar-refractivity contribution < 1.29 is 18.7 Å². The van der Waals surface area contributed by atoms with Crippen molar-refractivity contribution >= 4 is 5.69 Å². The first-order chi connectivity index (χ1) is 10.2. The lowest BCUT2D eigenvalue weighted by Crippen LogP contribution is -2.05. The lowest BCUT2D eigenvalue weighted by Gasteiger charge is -2.03. The second kappa shape index (κ2) is 7.61. The molecule has 0 spiro atoms. The lowest BCUT2D eigenvalue weighted by molar-refractivity contribution is 0.0714. The van der Waals surface area contributed by atoms with Gasteiger partial charge in [-0.2, -0.15) is 4.98 Å². The van der Waals surface area contributed by atoms with Crippen LogP contribution in [0.25, 0.3) is 11.5 Å². The second-order valence-corrected chi connectivity index (χ2v) is 4.32. The van der Waals surface area contributed by atoms with Gasteiger partial charge in [-0.1, -0.05) is 5.16 Å². The molecular weight excluding hydrogens is 274 g/mol. The summed E-state index contributed by atoms with van der Waals surface area (Å²) in [5, 5.41) is 3.91. The van der Waals surface area contributed by atoms with Crippen LogP contribution < -0.4 is 10.5 Å². The number of nitrogens with zero attached hydrogens (tertiary/aromatic N) is 2. The number of nitrogens with two attached hydrogens (primary N) is 1. The minimum atomic E-state index is 0.391. The van der Waals surface area contributed by atoms with Crippen molar-refractivity contribution in [2.45, 2.75) is 6.42 Å². The van der Waals surface area contributed by atoms with Gasteiger partial charge in [0, 0.05) is 25.3 Å². The van der Waals surface area contributed by atoms with Crippen molar-refractivity contribution in [3.8, 4) is 17.2 Å². The number of hydrogen-bond acceptors (Lipinski definition) is 7. The minimum absolute atomic E-state index is 0.391. The number of benzene rings is 1. The zero-order chi connectivity index (χ0) is 15.1. The number of nitrogen functional groups attached to an aromatic ring is 1. The molecular formula is C14H19N3O4. The molecule has 0 unspecified atom stereocenters. The molecule has 0 saturated carbocycles. The van der Waals surface area contributed by atoms with Gasteiger partial charge in [0.05, 0.1) is 32.5 Å². The molecule has 0 aliphatic carbocycles. The minimum Gasteiger partial charge on any atom is -0.497 e. The fourth-order valence-corrected chi connectivity index (χ4v) is 1.74. The molecule has 0 fully saturated rings. The van der Waals surface area contributed by atoms with E-state index in [1.54, 1.807) is 32.4 Å². The number of methoxy groups -OCH3 is 2. The van der Waals surface area contributed by atoms with E-state index in [9.17, 15) is 0 Å². The van der Waals surface area contributed by atoms with Gasteiger partial charge in [0.2, 0.25) is 0 Å². The van der Waals surface area contributed by atoms with E-state index in [1.165, 1.54) is 0 Å². The van der Waals surface area contributed by atoms with E-state index in [1.807, 2.05) is 0 Å². The molecule has 7 heteroatoms. The van der Waals surface area contributed by atoms with Gasteiger partial charge in [0.15, 0.2) is 5.82 Å². The first-order valence-corrected chi connectivity index (χ1v) is 6.57. The number of hydrogen-bond donors (Lipinski definition) is 1. The Kier molecular flexibility index (Phi) is 5.53. The van der Waals surface area contributed by atoms with Gasteiger partial charge in [-0.15, -0.1) is 0 Å². The molecule has 0 aliphatic rings. The zero-order valence-corrected chi connectivity index (χ0v) is 12.2. The molecule has 0 atom stereocenters. The lowest BCUT2D eigenvalue weighted by atomic mass is 10.1. The van der Waals surface area contributed by atoms with Crippen LogP contribution in [0.5, 0.6) is 5.75 Å². The molecule has 0 radical (unpaired) electrons. The summed E-state index contributed by atoms with van der Waals surface area (Å²) in [4.78, 5) is 4.30. The number of aromatic nitrogens is 2. The van der Waals surface area contributed by atoms with Crippen LogP contribution in [0.3, 0.4) is 0 Å². The van der Waals surface area contributed by atoms with Crippen LogP contribution in [0.1, 0.15) is 5.82 Å². The molecule has 0 saturated heterocycles. The van der Waals surface area contributed by atoms with Crippen molar-refractivity contribution in [3.05, 3.63) is 24.0 Å². The van der Waals surface area contributed by atoms with Crippen molar-refractivity contribution in [1.29, 1.82) is 0 Å². The highest BCUT2D eigenvalue weighted by Gasteiger charge is 2.12. The fraction of sp³-hybridized carbons (Fsp3) is 0.429. The second-order valence-electron chi connectivity index (χ2n) is 4.32. The maximum absolute atomic E-state index is 5.95. The van der Waals surface area contributed by atoms with Crippen LogP contribution in [0, 0.1) is 0 Å². The van der Waals surface area contributed by atoms with Crippen LogP contribution in [-0.2, 0) is 15.9 Å². The average molecular weight is 293 g/mol. The van der Waals surface area contributed by atoms with Crippen LogP contribution in [0.15, 0.2) is 22.7 Å². The number of rotatable bonds is 8. The van der Waals surface area contributed by atoms with E-state index in [0.29, 0.717) is 55.0 Å². The summed E-state index contributed by atoms with van der Waals surface area (Å²) in [5.74, 6) is 1.65. The van der Waals surface area contributed by atoms with Crippen LogP contribution in [-0.4, -0.2) is 44.2 Å². The van der Waals surface area contributed by atoms with Gasteiger partial charge in [0.1, 0.15) is 5.75 Å². The third-order valence-corrected chi connectivity index (χ3v) is 2.86. The molecule has 7 nitrogen and oxygen atoms in total. The summed E-state index contributed by atoms with van der Waals surface area (Å²) in [6.45, 7) is 1.63. The van der Waals surface area contributed by atoms with E-state index < -0.39 is 0 Å². The van der Waals surface area contributed by atoms with E-state index in [-0.39, 0.29) is 0 Å². The topological polar surface area (TPSA) is 92.6 Å². The Labute approximate surface area is 123 Å². The molecule has 0 amide bonds. The van der Waals surface area contributed by atoms with Gasteiger partial charge < -0.3 is 24.5 Å². The summed E-state index contributed by atoms with van der Waals surface area (Å²) >= 11 is 0. The molecule has 21 heavy (non-hydrogen) atoms. The van der Waals surface area contributed by atoms with Gasteiger partial charge in [0.25, 0.3) is 5.89 Å². The monoisotopic (exact) mass is 293 g/mol.